The Morgan fingerprint density at radius 1 is 0.962 bits per heavy atom. The molecule has 2 aromatic rings. The number of carbonyl (C=O) groups excluding carboxylic acids is 3. The Morgan fingerprint density at radius 2 is 1.65 bits per heavy atom. The van der Waals surface area contributed by atoms with Crippen LogP contribution in [0.4, 0.5) is 0 Å². The minimum Gasteiger partial charge on any atom is -0.484 e. The average molecular weight is 354 g/mol. The summed E-state index contributed by atoms with van der Waals surface area (Å²) >= 11 is 0. The van der Waals surface area contributed by atoms with Crippen LogP contribution in [0.3, 0.4) is 0 Å². The summed E-state index contributed by atoms with van der Waals surface area (Å²) in [6, 6.07) is 12.0. The van der Waals surface area contributed by atoms with E-state index in [1.165, 1.54) is 0 Å². The van der Waals surface area contributed by atoms with Gasteiger partial charge in [0, 0.05) is 17.5 Å². The maximum Gasteiger partial charge on any atom is 0.276 e. The molecule has 2 rings (SSSR count). The molecule has 0 aliphatic rings. The number of ketones is 1. The molecule has 0 fully saturated rings. The zero-order chi connectivity index (χ0) is 19.1. The molecule has 26 heavy (non-hydrogen) atoms. The lowest BCUT2D eigenvalue weighted by Gasteiger charge is -2.10. The van der Waals surface area contributed by atoms with Gasteiger partial charge < -0.3 is 4.74 Å². The molecule has 0 bridgehead atoms. The van der Waals surface area contributed by atoms with Gasteiger partial charge in [0.25, 0.3) is 11.8 Å². The van der Waals surface area contributed by atoms with Crippen LogP contribution in [0.2, 0.25) is 0 Å². The second-order valence-corrected chi connectivity index (χ2v) is 5.91. The van der Waals surface area contributed by atoms with Crippen LogP contribution in [0.5, 0.6) is 5.75 Å². The third kappa shape index (κ3) is 5.17. The van der Waals surface area contributed by atoms with E-state index in [1.54, 1.807) is 37.3 Å². The van der Waals surface area contributed by atoms with Crippen molar-refractivity contribution in [2.75, 3.05) is 6.61 Å². The van der Waals surface area contributed by atoms with Gasteiger partial charge in [0.2, 0.25) is 0 Å². The Kier molecular flexibility index (Phi) is 6.49. The molecular weight excluding hydrogens is 332 g/mol. The number of Topliss-reactive ketones (excluding diaryl/α,β-unsaturated/α-hetero) is 1. The molecule has 2 amide bonds. The zero-order valence-electron chi connectivity index (χ0n) is 15.1. The molecule has 0 aliphatic carbocycles. The SMILES string of the molecule is CCC(=O)c1ccc(OCC(=O)NNC(=O)c2ccc(C)cc2C)cc1. The molecule has 2 aromatic carbocycles. The number of hydrazine groups is 1. The Bertz CT molecular complexity index is 813. The lowest BCUT2D eigenvalue weighted by Crippen LogP contribution is -2.44. The van der Waals surface area contributed by atoms with Crippen molar-refractivity contribution in [3.05, 3.63) is 64.7 Å². The lowest BCUT2D eigenvalue weighted by atomic mass is 10.1. The molecule has 2 N–H and O–H groups in total. The van der Waals surface area contributed by atoms with Gasteiger partial charge in [-0.1, -0.05) is 24.6 Å². The first kappa shape index (κ1) is 19.2. The van der Waals surface area contributed by atoms with Crippen LogP contribution in [-0.2, 0) is 4.79 Å². The van der Waals surface area contributed by atoms with Crippen LogP contribution in [0.25, 0.3) is 0 Å². The van der Waals surface area contributed by atoms with Crippen LogP contribution in [0.1, 0.15) is 45.2 Å². The first-order chi connectivity index (χ1) is 12.4. The molecule has 0 saturated carbocycles. The van der Waals surface area contributed by atoms with Crippen molar-refractivity contribution in [1.29, 1.82) is 0 Å². The monoisotopic (exact) mass is 354 g/mol. The maximum atomic E-state index is 12.1. The van der Waals surface area contributed by atoms with Crippen LogP contribution in [0, 0.1) is 13.8 Å². The molecule has 0 unspecified atom stereocenters. The molecular formula is C20H22N2O4. The quantitative estimate of drug-likeness (QED) is 0.617. The van der Waals surface area contributed by atoms with Crippen LogP contribution < -0.4 is 15.6 Å². The minimum absolute atomic E-state index is 0.0448. The van der Waals surface area contributed by atoms with Crippen molar-refractivity contribution in [2.24, 2.45) is 0 Å². The number of benzene rings is 2. The predicted octanol–water partition coefficient (Wildman–Crippen LogP) is 2.74. The van der Waals surface area contributed by atoms with E-state index in [0.29, 0.717) is 23.3 Å². The van der Waals surface area contributed by atoms with E-state index in [9.17, 15) is 14.4 Å². The van der Waals surface area contributed by atoms with Crippen LogP contribution in [-0.4, -0.2) is 24.2 Å². The van der Waals surface area contributed by atoms with Gasteiger partial charge in [0.1, 0.15) is 5.75 Å². The van der Waals surface area contributed by atoms with Gasteiger partial charge in [-0.05, 0) is 49.7 Å². The molecule has 6 nitrogen and oxygen atoms in total. The van der Waals surface area contributed by atoms with E-state index in [-0.39, 0.29) is 12.4 Å². The van der Waals surface area contributed by atoms with Crippen molar-refractivity contribution in [2.45, 2.75) is 27.2 Å². The second kappa shape index (κ2) is 8.80. The van der Waals surface area contributed by atoms with Gasteiger partial charge in [-0.3, -0.25) is 25.2 Å². The van der Waals surface area contributed by atoms with E-state index in [0.717, 1.165) is 11.1 Å². The van der Waals surface area contributed by atoms with Gasteiger partial charge in [-0.15, -0.1) is 0 Å². The Balaban J connectivity index is 1.81. The summed E-state index contributed by atoms with van der Waals surface area (Å²) in [5.74, 6) is -0.368. The van der Waals surface area contributed by atoms with E-state index in [1.807, 2.05) is 26.0 Å². The first-order valence-electron chi connectivity index (χ1n) is 8.33. The third-order valence-corrected chi connectivity index (χ3v) is 3.81. The number of carbonyl (C=O) groups is 3. The highest BCUT2D eigenvalue weighted by Crippen LogP contribution is 2.13. The lowest BCUT2D eigenvalue weighted by molar-refractivity contribution is -0.123. The number of rotatable bonds is 6. The number of nitrogens with one attached hydrogen (secondary N) is 2. The highest BCUT2D eigenvalue weighted by atomic mass is 16.5. The Hall–Kier alpha value is -3.15. The number of amides is 2. The summed E-state index contributed by atoms with van der Waals surface area (Å²) < 4.78 is 5.34. The highest BCUT2D eigenvalue weighted by molar-refractivity contribution is 5.97. The minimum atomic E-state index is -0.489. The maximum absolute atomic E-state index is 12.1. The normalized spacial score (nSPS) is 10.1. The number of hydrogen-bond donors (Lipinski definition) is 2. The number of aryl methyl sites for hydroxylation is 2. The van der Waals surface area contributed by atoms with Gasteiger partial charge >= 0.3 is 0 Å². The molecule has 0 saturated heterocycles. The number of hydrogen-bond acceptors (Lipinski definition) is 4. The molecule has 6 heteroatoms. The summed E-state index contributed by atoms with van der Waals surface area (Å²) in [4.78, 5) is 35.4. The average Bonchev–Trinajstić information content (AvgIpc) is 2.64. The standard InChI is InChI=1S/C20H22N2O4/c1-4-18(23)15-6-8-16(9-7-15)26-12-19(24)21-22-20(25)17-10-5-13(2)11-14(17)3/h5-11H,4,12H2,1-3H3,(H,21,24)(H,22,25). The van der Waals surface area contributed by atoms with E-state index in [2.05, 4.69) is 10.9 Å². The molecule has 136 valence electrons. The van der Waals surface area contributed by atoms with Crippen LogP contribution >= 0.6 is 0 Å². The zero-order valence-corrected chi connectivity index (χ0v) is 15.1. The largest absolute Gasteiger partial charge is 0.484 e. The van der Waals surface area contributed by atoms with E-state index < -0.39 is 11.8 Å². The van der Waals surface area contributed by atoms with E-state index >= 15 is 0 Å². The van der Waals surface area contributed by atoms with Crippen molar-refractivity contribution >= 4 is 17.6 Å². The third-order valence-electron chi connectivity index (χ3n) is 3.81. The summed E-state index contributed by atoms with van der Waals surface area (Å²) in [6.07, 6.45) is 0.433. The fourth-order valence-electron chi connectivity index (χ4n) is 2.39. The topological polar surface area (TPSA) is 84.5 Å². The molecule has 0 radical (unpaired) electrons. The molecule has 0 aromatic heterocycles. The summed E-state index contributed by atoms with van der Waals surface area (Å²) in [6.45, 7) is 5.32. The summed E-state index contributed by atoms with van der Waals surface area (Å²) in [5.41, 5.74) is 7.66. The first-order valence-corrected chi connectivity index (χ1v) is 8.33. The molecule has 0 spiro atoms. The summed E-state index contributed by atoms with van der Waals surface area (Å²) in [5, 5.41) is 0. The van der Waals surface area contributed by atoms with Crippen molar-refractivity contribution in [1.82, 2.24) is 10.9 Å². The second-order valence-electron chi connectivity index (χ2n) is 5.91. The smallest absolute Gasteiger partial charge is 0.276 e. The highest BCUT2D eigenvalue weighted by Gasteiger charge is 2.10. The van der Waals surface area contributed by atoms with Gasteiger partial charge in [0.05, 0.1) is 0 Å². The Labute approximate surface area is 152 Å². The van der Waals surface area contributed by atoms with Gasteiger partial charge in [0.15, 0.2) is 12.4 Å². The fraction of sp³-hybridized carbons (Fsp3) is 0.250. The van der Waals surface area contributed by atoms with Gasteiger partial charge in [-0.2, -0.15) is 0 Å². The molecule has 0 heterocycles. The predicted molar refractivity (Wildman–Crippen MR) is 98.1 cm³/mol. The fourth-order valence-corrected chi connectivity index (χ4v) is 2.39. The molecule has 0 atom stereocenters. The van der Waals surface area contributed by atoms with E-state index in [4.69, 9.17) is 4.74 Å². The Morgan fingerprint density at radius 3 is 2.27 bits per heavy atom. The van der Waals surface area contributed by atoms with Crippen molar-refractivity contribution in [3.63, 3.8) is 0 Å². The molecule has 0 aliphatic heterocycles. The number of ether oxygens (including phenoxy) is 1. The summed E-state index contributed by atoms with van der Waals surface area (Å²) in [7, 11) is 0. The van der Waals surface area contributed by atoms with Crippen molar-refractivity contribution in [3.8, 4) is 5.75 Å². The van der Waals surface area contributed by atoms with Gasteiger partial charge in [-0.25, -0.2) is 0 Å². The van der Waals surface area contributed by atoms with Crippen molar-refractivity contribution < 1.29 is 19.1 Å². The van der Waals surface area contributed by atoms with Crippen LogP contribution in [0.15, 0.2) is 42.5 Å².